The first kappa shape index (κ1) is 14.1. The summed E-state index contributed by atoms with van der Waals surface area (Å²) in [6.07, 6.45) is 3.45. The van der Waals surface area contributed by atoms with Crippen LogP contribution in [0, 0.1) is 20.8 Å². The lowest BCUT2D eigenvalue weighted by molar-refractivity contribution is 0.251. The molecule has 0 radical (unpaired) electrons. The monoisotopic (exact) mass is 269 g/mol. The molecule has 2 N–H and O–H groups in total. The number of urea groups is 1. The molecule has 0 fully saturated rings. The summed E-state index contributed by atoms with van der Waals surface area (Å²) in [4.78, 5) is 15.9. The predicted octanol–water partition coefficient (Wildman–Crippen LogP) is 3.33. The second kappa shape index (κ2) is 6.19. The molecular formula is C16H19N3O. The number of aryl methyl sites for hydroxylation is 3. The van der Waals surface area contributed by atoms with Gasteiger partial charge in [-0.25, -0.2) is 4.79 Å². The van der Waals surface area contributed by atoms with E-state index in [0.717, 1.165) is 22.4 Å². The summed E-state index contributed by atoms with van der Waals surface area (Å²) >= 11 is 0. The largest absolute Gasteiger partial charge is 0.334 e. The molecule has 0 unspecified atom stereocenters. The van der Waals surface area contributed by atoms with Crippen molar-refractivity contribution in [1.29, 1.82) is 0 Å². The van der Waals surface area contributed by atoms with Gasteiger partial charge in [0.25, 0.3) is 0 Å². The lowest BCUT2D eigenvalue weighted by Gasteiger charge is -2.12. The van der Waals surface area contributed by atoms with Crippen LogP contribution >= 0.6 is 0 Å². The van der Waals surface area contributed by atoms with Gasteiger partial charge in [-0.1, -0.05) is 12.1 Å². The molecule has 0 saturated carbocycles. The van der Waals surface area contributed by atoms with Crippen molar-refractivity contribution in [1.82, 2.24) is 10.3 Å². The Hall–Kier alpha value is -2.36. The Morgan fingerprint density at radius 2 is 1.90 bits per heavy atom. The number of rotatable bonds is 3. The third-order valence-corrected chi connectivity index (χ3v) is 3.26. The van der Waals surface area contributed by atoms with E-state index in [4.69, 9.17) is 0 Å². The van der Waals surface area contributed by atoms with Crippen LogP contribution < -0.4 is 10.6 Å². The topological polar surface area (TPSA) is 54.0 Å². The Kier molecular flexibility index (Phi) is 4.35. The highest BCUT2D eigenvalue weighted by molar-refractivity contribution is 5.90. The van der Waals surface area contributed by atoms with Gasteiger partial charge in [0.1, 0.15) is 0 Å². The zero-order chi connectivity index (χ0) is 14.5. The lowest BCUT2D eigenvalue weighted by Crippen LogP contribution is -2.28. The summed E-state index contributed by atoms with van der Waals surface area (Å²) < 4.78 is 0. The van der Waals surface area contributed by atoms with Crippen molar-refractivity contribution in [3.05, 3.63) is 58.9 Å². The first-order valence-electron chi connectivity index (χ1n) is 6.58. The maximum atomic E-state index is 11.9. The van der Waals surface area contributed by atoms with Crippen LogP contribution in [0.15, 0.2) is 36.7 Å². The van der Waals surface area contributed by atoms with E-state index in [1.807, 2.05) is 32.0 Å². The summed E-state index contributed by atoms with van der Waals surface area (Å²) in [5, 5.41) is 5.70. The maximum absolute atomic E-state index is 11.9. The second-order valence-corrected chi connectivity index (χ2v) is 4.92. The molecule has 0 aliphatic rings. The molecule has 2 rings (SSSR count). The van der Waals surface area contributed by atoms with Gasteiger partial charge in [-0.2, -0.15) is 0 Å². The molecule has 0 aliphatic heterocycles. The van der Waals surface area contributed by atoms with Gasteiger partial charge in [-0.05, 0) is 55.2 Å². The standard InChI is InChI=1S/C16H19N3O/c1-11-7-13(3)15(8-12(11)2)19-16(20)18-10-14-5-4-6-17-9-14/h4-9H,10H2,1-3H3,(H2,18,19,20). The average molecular weight is 269 g/mol. The van der Waals surface area contributed by atoms with Gasteiger partial charge in [0, 0.05) is 24.6 Å². The van der Waals surface area contributed by atoms with Gasteiger partial charge in [0.05, 0.1) is 0 Å². The Bertz CT molecular complexity index is 609. The molecule has 0 saturated heterocycles. The van der Waals surface area contributed by atoms with Crippen LogP contribution in [-0.2, 0) is 6.54 Å². The van der Waals surface area contributed by atoms with E-state index in [-0.39, 0.29) is 6.03 Å². The minimum atomic E-state index is -0.208. The minimum Gasteiger partial charge on any atom is -0.334 e. The summed E-state index contributed by atoms with van der Waals surface area (Å²) in [7, 11) is 0. The van der Waals surface area contributed by atoms with Gasteiger partial charge in [0.2, 0.25) is 0 Å². The number of carbonyl (C=O) groups is 1. The van der Waals surface area contributed by atoms with Crippen LogP contribution in [0.4, 0.5) is 10.5 Å². The Morgan fingerprint density at radius 1 is 1.15 bits per heavy atom. The molecule has 2 amide bonds. The summed E-state index contributed by atoms with van der Waals surface area (Å²) in [5.41, 5.74) is 5.27. The van der Waals surface area contributed by atoms with Crippen LogP contribution in [-0.4, -0.2) is 11.0 Å². The van der Waals surface area contributed by atoms with Gasteiger partial charge in [-0.3, -0.25) is 4.98 Å². The highest BCUT2D eigenvalue weighted by Crippen LogP contribution is 2.19. The van der Waals surface area contributed by atoms with Crippen molar-refractivity contribution < 1.29 is 4.79 Å². The van der Waals surface area contributed by atoms with Gasteiger partial charge in [-0.15, -0.1) is 0 Å². The number of aromatic nitrogens is 1. The van der Waals surface area contributed by atoms with Crippen molar-refractivity contribution >= 4 is 11.7 Å². The molecule has 0 atom stereocenters. The molecule has 2 aromatic rings. The van der Waals surface area contributed by atoms with E-state index in [0.29, 0.717) is 6.54 Å². The second-order valence-electron chi connectivity index (χ2n) is 4.92. The zero-order valence-electron chi connectivity index (χ0n) is 12.0. The zero-order valence-corrected chi connectivity index (χ0v) is 12.0. The van der Waals surface area contributed by atoms with Gasteiger partial charge >= 0.3 is 6.03 Å². The first-order valence-corrected chi connectivity index (χ1v) is 6.58. The summed E-state index contributed by atoms with van der Waals surface area (Å²) in [5.74, 6) is 0. The Balaban J connectivity index is 1.97. The van der Waals surface area contributed by atoms with Crippen LogP contribution in [0.1, 0.15) is 22.3 Å². The normalized spacial score (nSPS) is 10.2. The fraction of sp³-hybridized carbons (Fsp3) is 0.250. The third-order valence-electron chi connectivity index (χ3n) is 3.26. The predicted molar refractivity (Wildman–Crippen MR) is 80.7 cm³/mol. The molecule has 1 aromatic carbocycles. The van der Waals surface area contributed by atoms with Crippen molar-refractivity contribution in [2.24, 2.45) is 0 Å². The lowest BCUT2D eigenvalue weighted by atomic mass is 10.1. The van der Waals surface area contributed by atoms with Crippen LogP contribution in [0.2, 0.25) is 0 Å². The van der Waals surface area contributed by atoms with E-state index in [2.05, 4.69) is 28.6 Å². The number of nitrogens with one attached hydrogen (secondary N) is 2. The SMILES string of the molecule is Cc1cc(C)c(NC(=O)NCc2cccnc2)cc1C. The number of carbonyl (C=O) groups excluding carboxylic acids is 1. The molecule has 0 aliphatic carbocycles. The number of amides is 2. The Morgan fingerprint density at radius 3 is 2.60 bits per heavy atom. The highest BCUT2D eigenvalue weighted by atomic mass is 16.2. The van der Waals surface area contributed by atoms with Crippen molar-refractivity contribution in [2.45, 2.75) is 27.3 Å². The third kappa shape index (κ3) is 3.57. The van der Waals surface area contributed by atoms with E-state index in [9.17, 15) is 4.79 Å². The quantitative estimate of drug-likeness (QED) is 0.898. The van der Waals surface area contributed by atoms with Crippen LogP contribution in [0.25, 0.3) is 0 Å². The molecule has 4 heteroatoms. The van der Waals surface area contributed by atoms with Gasteiger partial charge < -0.3 is 10.6 Å². The number of anilines is 1. The van der Waals surface area contributed by atoms with E-state index < -0.39 is 0 Å². The number of nitrogens with zero attached hydrogens (tertiary/aromatic N) is 1. The molecule has 4 nitrogen and oxygen atoms in total. The summed E-state index contributed by atoms with van der Waals surface area (Å²) in [6, 6.07) is 7.64. The fourth-order valence-corrected chi connectivity index (χ4v) is 1.95. The molecule has 104 valence electrons. The number of pyridine rings is 1. The van der Waals surface area contributed by atoms with Crippen molar-refractivity contribution in [3.63, 3.8) is 0 Å². The first-order chi connectivity index (χ1) is 9.56. The molecule has 0 bridgehead atoms. The molecule has 1 heterocycles. The maximum Gasteiger partial charge on any atom is 0.319 e. The highest BCUT2D eigenvalue weighted by Gasteiger charge is 2.06. The molecule has 1 aromatic heterocycles. The van der Waals surface area contributed by atoms with Crippen molar-refractivity contribution in [2.75, 3.05) is 5.32 Å². The number of benzene rings is 1. The minimum absolute atomic E-state index is 0.208. The molecule has 0 spiro atoms. The van der Waals surface area contributed by atoms with Gasteiger partial charge in [0.15, 0.2) is 0 Å². The van der Waals surface area contributed by atoms with E-state index in [1.165, 1.54) is 5.56 Å². The van der Waals surface area contributed by atoms with E-state index in [1.54, 1.807) is 12.4 Å². The van der Waals surface area contributed by atoms with Crippen molar-refractivity contribution in [3.8, 4) is 0 Å². The molecular weight excluding hydrogens is 250 g/mol. The Labute approximate surface area is 119 Å². The summed E-state index contributed by atoms with van der Waals surface area (Å²) in [6.45, 7) is 6.55. The number of hydrogen-bond donors (Lipinski definition) is 2. The fourth-order valence-electron chi connectivity index (χ4n) is 1.95. The number of hydrogen-bond acceptors (Lipinski definition) is 2. The average Bonchev–Trinajstić information content (AvgIpc) is 2.44. The van der Waals surface area contributed by atoms with E-state index >= 15 is 0 Å². The molecule has 20 heavy (non-hydrogen) atoms. The van der Waals surface area contributed by atoms with Crippen LogP contribution in [0.5, 0.6) is 0 Å². The van der Waals surface area contributed by atoms with Crippen LogP contribution in [0.3, 0.4) is 0 Å². The smallest absolute Gasteiger partial charge is 0.319 e.